The molecule has 1 rings (SSSR count). The predicted octanol–water partition coefficient (Wildman–Crippen LogP) is 1.29. The van der Waals surface area contributed by atoms with Crippen molar-refractivity contribution in [3.63, 3.8) is 0 Å². The highest BCUT2D eigenvalue weighted by Crippen LogP contribution is 2.23. The van der Waals surface area contributed by atoms with Gasteiger partial charge in [0.1, 0.15) is 5.82 Å². The first kappa shape index (κ1) is 12.0. The summed E-state index contributed by atoms with van der Waals surface area (Å²) in [6.07, 6.45) is 0. The van der Waals surface area contributed by atoms with Crippen LogP contribution in [-0.2, 0) is 13.6 Å². The average Bonchev–Trinajstić information content (AvgIpc) is 2.41. The van der Waals surface area contributed by atoms with E-state index >= 15 is 0 Å². The molecule has 0 bridgehead atoms. The minimum Gasteiger partial charge on any atom is -0.357 e. The van der Waals surface area contributed by atoms with Crippen LogP contribution in [0.3, 0.4) is 0 Å². The molecular weight excluding hydrogens is 188 g/mol. The van der Waals surface area contributed by atoms with Crippen LogP contribution in [-0.4, -0.2) is 29.9 Å². The first-order valence-electron chi connectivity index (χ1n) is 5.39. The molecule has 1 N–H and O–H groups in total. The molecule has 0 aliphatic carbocycles. The van der Waals surface area contributed by atoms with Gasteiger partial charge in [-0.15, -0.1) is 0 Å². The zero-order chi connectivity index (χ0) is 11.6. The molecule has 1 heterocycles. The molecular formula is C11H22N4. The molecule has 0 unspecified atom stereocenters. The lowest BCUT2D eigenvalue weighted by atomic mass is 10.2. The lowest BCUT2D eigenvalue weighted by Gasteiger charge is -2.25. The summed E-state index contributed by atoms with van der Waals surface area (Å²) >= 11 is 0. The van der Waals surface area contributed by atoms with Crippen molar-refractivity contribution in [2.45, 2.75) is 33.4 Å². The largest absolute Gasteiger partial charge is 0.357 e. The molecule has 0 saturated heterocycles. The normalized spacial score (nSPS) is 11.1. The highest BCUT2D eigenvalue weighted by atomic mass is 15.4. The van der Waals surface area contributed by atoms with E-state index in [1.54, 1.807) is 0 Å². The molecule has 0 atom stereocenters. The minimum atomic E-state index is 0.482. The Morgan fingerprint density at radius 1 is 1.47 bits per heavy atom. The number of hydrogen-bond acceptors (Lipinski definition) is 3. The maximum absolute atomic E-state index is 4.47. The lowest BCUT2D eigenvalue weighted by Crippen LogP contribution is -2.29. The highest BCUT2D eigenvalue weighted by molar-refractivity contribution is 5.50. The second-order valence-electron chi connectivity index (χ2n) is 4.25. The fourth-order valence-corrected chi connectivity index (χ4v) is 1.76. The summed E-state index contributed by atoms with van der Waals surface area (Å²) in [7, 11) is 6.08. The van der Waals surface area contributed by atoms with Crippen molar-refractivity contribution in [2.75, 3.05) is 19.0 Å². The van der Waals surface area contributed by atoms with E-state index in [9.17, 15) is 0 Å². The third kappa shape index (κ3) is 2.31. The number of anilines is 1. The van der Waals surface area contributed by atoms with Crippen molar-refractivity contribution in [1.29, 1.82) is 0 Å². The number of aromatic nitrogens is 2. The van der Waals surface area contributed by atoms with Crippen molar-refractivity contribution >= 4 is 5.82 Å². The Balaban J connectivity index is 3.13. The maximum atomic E-state index is 4.47. The monoisotopic (exact) mass is 210 g/mol. The van der Waals surface area contributed by atoms with Crippen LogP contribution < -0.4 is 10.2 Å². The maximum Gasteiger partial charge on any atom is 0.131 e. The molecule has 0 spiro atoms. The molecule has 0 amide bonds. The van der Waals surface area contributed by atoms with Crippen LogP contribution in [0.4, 0.5) is 5.82 Å². The molecule has 1 aromatic rings. The van der Waals surface area contributed by atoms with Crippen molar-refractivity contribution in [3.05, 3.63) is 11.3 Å². The fraction of sp³-hybridized carbons (Fsp3) is 0.727. The Kier molecular flexibility index (Phi) is 3.74. The van der Waals surface area contributed by atoms with Gasteiger partial charge >= 0.3 is 0 Å². The van der Waals surface area contributed by atoms with Gasteiger partial charge in [-0.1, -0.05) is 0 Å². The molecule has 0 aliphatic heterocycles. The molecule has 15 heavy (non-hydrogen) atoms. The van der Waals surface area contributed by atoms with Gasteiger partial charge in [0, 0.05) is 32.2 Å². The smallest absolute Gasteiger partial charge is 0.131 e. The van der Waals surface area contributed by atoms with Crippen molar-refractivity contribution in [1.82, 2.24) is 15.1 Å². The zero-order valence-corrected chi connectivity index (χ0v) is 10.6. The quantitative estimate of drug-likeness (QED) is 0.813. The molecule has 4 nitrogen and oxygen atoms in total. The van der Waals surface area contributed by atoms with Crippen LogP contribution >= 0.6 is 0 Å². The van der Waals surface area contributed by atoms with Gasteiger partial charge in [0.2, 0.25) is 0 Å². The molecule has 0 aromatic carbocycles. The van der Waals surface area contributed by atoms with E-state index in [0.717, 1.165) is 12.2 Å². The Morgan fingerprint density at radius 2 is 2.07 bits per heavy atom. The summed E-state index contributed by atoms with van der Waals surface area (Å²) in [4.78, 5) is 2.26. The highest BCUT2D eigenvalue weighted by Gasteiger charge is 2.17. The lowest BCUT2D eigenvalue weighted by molar-refractivity contribution is 0.677. The molecule has 1 aromatic heterocycles. The molecule has 86 valence electrons. The van der Waals surface area contributed by atoms with E-state index in [1.807, 2.05) is 18.8 Å². The number of rotatable bonds is 4. The SMILES string of the molecule is CNCc1c(C)nn(C)c1N(C)C(C)C. The molecule has 0 fully saturated rings. The summed E-state index contributed by atoms with van der Waals surface area (Å²) in [5, 5.41) is 7.66. The van der Waals surface area contributed by atoms with Crippen LogP contribution in [0.1, 0.15) is 25.1 Å². The first-order chi connectivity index (χ1) is 6.99. The molecule has 0 radical (unpaired) electrons. The molecule has 0 aliphatic rings. The van der Waals surface area contributed by atoms with E-state index in [2.05, 4.69) is 43.1 Å². The Bertz CT molecular complexity index is 328. The Labute approximate surface area is 92.3 Å². The Hall–Kier alpha value is -1.03. The number of hydrogen-bond donors (Lipinski definition) is 1. The summed E-state index contributed by atoms with van der Waals surface area (Å²) in [6, 6.07) is 0.482. The van der Waals surface area contributed by atoms with Crippen LogP contribution in [0.15, 0.2) is 0 Å². The van der Waals surface area contributed by atoms with Gasteiger partial charge in [-0.05, 0) is 27.8 Å². The third-order valence-corrected chi connectivity index (χ3v) is 2.78. The van der Waals surface area contributed by atoms with Gasteiger partial charge in [-0.2, -0.15) is 5.10 Å². The predicted molar refractivity (Wildman–Crippen MR) is 64.2 cm³/mol. The van der Waals surface area contributed by atoms with Gasteiger partial charge < -0.3 is 10.2 Å². The minimum absolute atomic E-state index is 0.482. The van der Waals surface area contributed by atoms with E-state index in [4.69, 9.17) is 0 Å². The van der Waals surface area contributed by atoms with Crippen molar-refractivity contribution in [2.24, 2.45) is 7.05 Å². The molecule has 4 heteroatoms. The standard InChI is InChI=1S/C11H22N4/c1-8(2)14(5)11-10(7-12-4)9(3)13-15(11)6/h8,12H,7H2,1-6H3. The van der Waals surface area contributed by atoms with Gasteiger partial charge in [0.05, 0.1) is 5.69 Å². The number of aryl methyl sites for hydroxylation is 2. The topological polar surface area (TPSA) is 33.1 Å². The van der Waals surface area contributed by atoms with Gasteiger partial charge in [-0.25, -0.2) is 0 Å². The van der Waals surface area contributed by atoms with Gasteiger partial charge in [0.25, 0.3) is 0 Å². The van der Waals surface area contributed by atoms with Gasteiger partial charge in [0.15, 0.2) is 0 Å². The summed E-state index contributed by atoms with van der Waals surface area (Å²) in [5.74, 6) is 1.21. The van der Waals surface area contributed by atoms with E-state index < -0.39 is 0 Å². The summed E-state index contributed by atoms with van der Waals surface area (Å²) in [6.45, 7) is 7.30. The van der Waals surface area contributed by atoms with Crippen LogP contribution in [0.5, 0.6) is 0 Å². The molecule has 0 saturated carbocycles. The van der Waals surface area contributed by atoms with E-state index in [-0.39, 0.29) is 0 Å². The van der Waals surface area contributed by atoms with E-state index in [1.165, 1.54) is 11.4 Å². The average molecular weight is 210 g/mol. The van der Waals surface area contributed by atoms with Crippen molar-refractivity contribution in [3.8, 4) is 0 Å². The third-order valence-electron chi connectivity index (χ3n) is 2.78. The Morgan fingerprint density at radius 3 is 2.53 bits per heavy atom. The van der Waals surface area contributed by atoms with Gasteiger partial charge in [-0.3, -0.25) is 4.68 Å². The fourth-order valence-electron chi connectivity index (χ4n) is 1.76. The van der Waals surface area contributed by atoms with E-state index in [0.29, 0.717) is 6.04 Å². The van der Waals surface area contributed by atoms with Crippen LogP contribution in [0.2, 0.25) is 0 Å². The number of nitrogens with zero attached hydrogens (tertiary/aromatic N) is 3. The van der Waals surface area contributed by atoms with Crippen LogP contribution in [0.25, 0.3) is 0 Å². The summed E-state index contributed by atoms with van der Waals surface area (Å²) in [5.41, 5.74) is 2.39. The first-order valence-corrected chi connectivity index (χ1v) is 5.39. The zero-order valence-electron chi connectivity index (χ0n) is 10.6. The van der Waals surface area contributed by atoms with Crippen molar-refractivity contribution < 1.29 is 0 Å². The second-order valence-corrected chi connectivity index (χ2v) is 4.25. The second kappa shape index (κ2) is 4.66. The summed E-state index contributed by atoms with van der Waals surface area (Å²) < 4.78 is 1.96. The van der Waals surface area contributed by atoms with Crippen LogP contribution in [0, 0.1) is 6.92 Å². The number of nitrogens with one attached hydrogen (secondary N) is 1.